The molecule has 0 fully saturated rings. The van der Waals surface area contributed by atoms with Gasteiger partial charge in [-0.2, -0.15) is 0 Å². The highest BCUT2D eigenvalue weighted by Gasteiger charge is 2.02. The van der Waals surface area contributed by atoms with Crippen LogP contribution in [0.1, 0.15) is 45.4 Å². The van der Waals surface area contributed by atoms with Gasteiger partial charge in [-0.25, -0.2) is 0 Å². The second-order valence-corrected chi connectivity index (χ2v) is 4.98. The SMILES string of the molecule is CC(=O)CCC(=O)NCCCOCCCCOCCCN. The van der Waals surface area contributed by atoms with Gasteiger partial charge in [0.15, 0.2) is 0 Å². The molecule has 124 valence electrons. The lowest BCUT2D eigenvalue weighted by atomic mass is 10.2. The van der Waals surface area contributed by atoms with Gasteiger partial charge in [0.25, 0.3) is 0 Å². The normalized spacial score (nSPS) is 10.6. The van der Waals surface area contributed by atoms with Crippen LogP contribution in [-0.2, 0) is 19.1 Å². The number of nitrogens with one attached hydrogen (secondary N) is 1. The molecule has 0 aromatic carbocycles. The molecule has 0 aliphatic carbocycles. The van der Waals surface area contributed by atoms with Crippen LogP contribution >= 0.6 is 0 Å². The molecule has 0 aliphatic rings. The fraction of sp³-hybridized carbons (Fsp3) is 0.867. The van der Waals surface area contributed by atoms with Gasteiger partial charge in [-0.3, -0.25) is 4.79 Å². The molecular formula is C15H30N2O4. The van der Waals surface area contributed by atoms with Crippen LogP contribution in [0.25, 0.3) is 0 Å². The average Bonchev–Trinajstić information content (AvgIpc) is 2.46. The number of rotatable bonds is 15. The largest absolute Gasteiger partial charge is 0.381 e. The highest BCUT2D eigenvalue weighted by molar-refractivity contribution is 5.83. The molecule has 0 atom stereocenters. The van der Waals surface area contributed by atoms with E-state index in [-0.39, 0.29) is 18.1 Å². The first-order valence-corrected chi connectivity index (χ1v) is 7.78. The van der Waals surface area contributed by atoms with Crippen molar-refractivity contribution in [3.63, 3.8) is 0 Å². The van der Waals surface area contributed by atoms with Crippen molar-refractivity contribution >= 4 is 11.7 Å². The Morgan fingerprint density at radius 1 is 0.905 bits per heavy atom. The second kappa shape index (κ2) is 15.4. The molecule has 0 radical (unpaired) electrons. The number of hydrogen-bond acceptors (Lipinski definition) is 5. The standard InChI is InChI=1S/C15H30N2O4/c1-14(18)6-7-15(19)17-9-5-13-21-11-3-2-10-20-12-4-8-16/h2-13,16H2,1H3,(H,17,19). The molecule has 0 aromatic rings. The van der Waals surface area contributed by atoms with Crippen molar-refractivity contribution in [2.75, 3.05) is 39.5 Å². The predicted octanol–water partition coefficient (Wildman–Crippen LogP) is 1.02. The molecule has 0 saturated carbocycles. The first-order valence-electron chi connectivity index (χ1n) is 7.78. The Balaban J connectivity index is 3.12. The Morgan fingerprint density at radius 2 is 1.48 bits per heavy atom. The van der Waals surface area contributed by atoms with E-state index in [1.807, 2.05) is 0 Å². The van der Waals surface area contributed by atoms with Crippen LogP contribution in [0, 0.1) is 0 Å². The van der Waals surface area contributed by atoms with E-state index in [0.29, 0.717) is 26.1 Å². The lowest BCUT2D eigenvalue weighted by molar-refractivity contribution is -0.124. The third-order valence-electron chi connectivity index (χ3n) is 2.81. The molecule has 0 saturated heterocycles. The van der Waals surface area contributed by atoms with Crippen molar-refractivity contribution in [2.24, 2.45) is 5.73 Å². The summed E-state index contributed by atoms with van der Waals surface area (Å²) in [6.07, 6.45) is 4.27. The van der Waals surface area contributed by atoms with Crippen LogP contribution in [0.5, 0.6) is 0 Å². The minimum atomic E-state index is -0.0696. The van der Waals surface area contributed by atoms with Gasteiger partial charge < -0.3 is 25.3 Å². The van der Waals surface area contributed by atoms with E-state index in [2.05, 4.69) is 5.32 Å². The lowest BCUT2D eigenvalue weighted by Crippen LogP contribution is -2.25. The molecule has 6 heteroatoms. The highest BCUT2D eigenvalue weighted by atomic mass is 16.5. The Hall–Kier alpha value is -0.980. The minimum absolute atomic E-state index is 0.0421. The monoisotopic (exact) mass is 302 g/mol. The number of unbranched alkanes of at least 4 members (excludes halogenated alkanes) is 1. The van der Waals surface area contributed by atoms with Gasteiger partial charge in [-0.05, 0) is 39.2 Å². The van der Waals surface area contributed by atoms with Gasteiger partial charge >= 0.3 is 0 Å². The van der Waals surface area contributed by atoms with Crippen LogP contribution in [0.4, 0.5) is 0 Å². The summed E-state index contributed by atoms with van der Waals surface area (Å²) in [5, 5.41) is 2.77. The van der Waals surface area contributed by atoms with E-state index in [1.54, 1.807) is 0 Å². The summed E-state index contributed by atoms with van der Waals surface area (Å²) >= 11 is 0. The van der Waals surface area contributed by atoms with Gasteiger partial charge in [0.05, 0.1) is 0 Å². The van der Waals surface area contributed by atoms with E-state index < -0.39 is 0 Å². The zero-order chi connectivity index (χ0) is 15.8. The number of ketones is 1. The van der Waals surface area contributed by atoms with Crippen LogP contribution in [0.15, 0.2) is 0 Å². The zero-order valence-corrected chi connectivity index (χ0v) is 13.2. The van der Waals surface area contributed by atoms with Crippen molar-refractivity contribution in [1.82, 2.24) is 5.32 Å². The molecule has 0 bridgehead atoms. The molecule has 0 aliphatic heterocycles. The summed E-state index contributed by atoms with van der Waals surface area (Å²) in [6, 6.07) is 0. The maximum atomic E-state index is 11.3. The molecule has 6 nitrogen and oxygen atoms in total. The molecule has 1 amide bonds. The van der Waals surface area contributed by atoms with Crippen LogP contribution < -0.4 is 11.1 Å². The van der Waals surface area contributed by atoms with Gasteiger partial charge in [0.2, 0.25) is 5.91 Å². The number of nitrogens with two attached hydrogens (primary N) is 1. The van der Waals surface area contributed by atoms with Crippen LogP contribution in [-0.4, -0.2) is 51.2 Å². The molecule has 0 aromatic heterocycles. The first kappa shape index (κ1) is 20.0. The van der Waals surface area contributed by atoms with Crippen LogP contribution in [0.2, 0.25) is 0 Å². The predicted molar refractivity (Wildman–Crippen MR) is 82.1 cm³/mol. The minimum Gasteiger partial charge on any atom is -0.381 e. The highest BCUT2D eigenvalue weighted by Crippen LogP contribution is 1.94. The maximum absolute atomic E-state index is 11.3. The Labute approximate surface area is 127 Å². The average molecular weight is 302 g/mol. The summed E-state index contributed by atoms with van der Waals surface area (Å²) in [4.78, 5) is 22.0. The molecule has 0 rings (SSSR count). The second-order valence-electron chi connectivity index (χ2n) is 4.98. The number of amides is 1. The summed E-state index contributed by atoms with van der Waals surface area (Å²) in [5.41, 5.74) is 5.36. The molecule has 0 heterocycles. The van der Waals surface area contributed by atoms with E-state index in [9.17, 15) is 9.59 Å². The van der Waals surface area contributed by atoms with Crippen molar-refractivity contribution in [3.8, 4) is 0 Å². The van der Waals surface area contributed by atoms with Crippen LogP contribution in [0.3, 0.4) is 0 Å². The summed E-state index contributed by atoms with van der Waals surface area (Å²) < 4.78 is 10.8. The quantitative estimate of drug-likeness (QED) is 0.441. The van der Waals surface area contributed by atoms with Crippen molar-refractivity contribution in [1.29, 1.82) is 0 Å². The topological polar surface area (TPSA) is 90.7 Å². The van der Waals surface area contributed by atoms with E-state index >= 15 is 0 Å². The van der Waals surface area contributed by atoms with Gasteiger partial charge in [-0.15, -0.1) is 0 Å². The third kappa shape index (κ3) is 17.0. The van der Waals surface area contributed by atoms with Crippen molar-refractivity contribution in [2.45, 2.75) is 45.4 Å². The third-order valence-corrected chi connectivity index (χ3v) is 2.81. The van der Waals surface area contributed by atoms with E-state index in [4.69, 9.17) is 15.2 Å². The summed E-state index contributed by atoms with van der Waals surface area (Å²) in [7, 11) is 0. The molecular weight excluding hydrogens is 272 g/mol. The van der Waals surface area contributed by atoms with Gasteiger partial charge in [-0.1, -0.05) is 0 Å². The lowest BCUT2D eigenvalue weighted by Gasteiger charge is -2.06. The molecule has 0 spiro atoms. The fourth-order valence-electron chi connectivity index (χ4n) is 1.58. The van der Waals surface area contributed by atoms with Gasteiger partial charge in [0, 0.05) is 45.8 Å². The Morgan fingerprint density at radius 3 is 2.05 bits per heavy atom. The number of carbonyl (C=O) groups excluding carboxylic acids is 2. The first-order chi connectivity index (χ1) is 10.2. The van der Waals surface area contributed by atoms with Crippen molar-refractivity contribution < 1.29 is 19.1 Å². The maximum Gasteiger partial charge on any atom is 0.220 e. The zero-order valence-electron chi connectivity index (χ0n) is 13.2. The van der Waals surface area contributed by atoms with Crippen molar-refractivity contribution in [3.05, 3.63) is 0 Å². The Bertz CT molecular complexity index is 272. The Kier molecular flexibility index (Phi) is 14.7. The van der Waals surface area contributed by atoms with E-state index in [1.165, 1.54) is 6.92 Å². The summed E-state index contributed by atoms with van der Waals surface area (Å²) in [6.45, 7) is 5.62. The molecule has 21 heavy (non-hydrogen) atoms. The number of hydrogen-bond donors (Lipinski definition) is 2. The van der Waals surface area contributed by atoms with E-state index in [0.717, 1.165) is 45.5 Å². The van der Waals surface area contributed by atoms with Gasteiger partial charge in [0.1, 0.15) is 5.78 Å². The summed E-state index contributed by atoms with van der Waals surface area (Å²) in [5.74, 6) is -0.0275. The smallest absolute Gasteiger partial charge is 0.220 e. The number of ether oxygens (including phenoxy) is 2. The molecule has 0 unspecified atom stereocenters. The number of Topliss-reactive ketones (excluding diaryl/α,β-unsaturated/α-hetero) is 1. The molecule has 3 N–H and O–H groups in total. The number of carbonyl (C=O) groups is 2. The fourth-order valence-corrected chi connectivity index (χ4v) is 1.58.